The van der Waals surface area contributed by atoms with E-state index in [4.69, 9.17) is 14.6 Å². The molecule has 0 spiro atoms. The van der Waals surface area contributed by atoms with Gasteiger partial charge in [-0.1, -0.05) is 0 Å². The highest BCUT2D eigenvalue weighted by atomic mass is 16.3. The van der Waals surface area contributed by atoms with Crippen molar-refractivity contribution in [3.05, 3.63) is 24.2 Å². The Bertz CT molecular complexity index is 257. The van der Waals surface area contributed by atoms with Crippen molar-refractivity contribution >= 4 is 0 Å². The van der Waals surface area contributed by atoms with Crippen LogP contribution in [-0.2, 0) is 6.42 Å². The molecule has 0 fully saturated rings. The topological polar surface area (TPSA) is 77.1 Å². The van der Waals surface area contributed by atoms with Gasteiger partial charge in [-0.05, 0) is 12.1 Å². The highest BCUT2D eigenvalue weighted by molar-refractivity contribution is 5.00. The molecule has 0 aliphatic rings. The Morgan fingerprint density at radius 3 is 2.31 bits per heavy atom. The number of rotatable bonds is 8. The summed E-state index contributed by atoms with van der Waals surface area (Å²) in [5.74, 6) is 0.792. The largest absolute Gasteiger partial charge is 0.469 e. The van der Waals surface area contributed by atoms with Crippen LogP contribution in [0.5, 0.6) is 0 Å². The van der Waals surface area contributed by atoms with Gasteiger partial charge in [-0.3, -0.25) is 4.90 Å². The molecule has 92 valence electrons. The van der Waals surface area contributed by atoms with E-state index in [1.54, 1.807) is 12.3 Å². The highest BCUT2D eigenvalue weighted by Gasteiger charge is 2.18. The van der Waals surface area contributed by atoms with Gasteiger partial charge in [-0.25, -0.2) is 0 Å². The van der Waals surface area contributed by atoms with Crippen molar-refractivity contribution in [1.82, 2.24) is 4.90 Å². The van der Waals surface area contributed by atoms with Gasteiger partial charge in [-0.2, -0.15) is 0 Å². The van der Waals surface area contributed by atoms with Crippen LogP contribution in [0.25, 0.3) is 0 Å². The monoisotopic (exact) mass is 229 g/mol. The van der Waals surface area contributed by atoms with Crippen LogP contribution in [0.15, 0.2) is 22.8 Å². The van der Waals surface area contributed by atoms with Gasteiger partial charge in [0.25, 0.3) is 0 Å². The second-order valence-electron chi connectivity index (χ2n) is 3.60. The van der Waals surface area contributed by atoms with E-state index in [1.807, 2.05) is 11.0 Å². The predicted molar refractivity (Wildman–Crippen MR) is 59.0 cm³/mol. The average molecular weight is 229 g/mol. The quantitative estimate of drug-likeness (QED) is 0.558. The molecule has 0 saturated heterocycles. The zero-order valence-electron chi connectivity index (χ0n) is 9.25. The Hall–Kier alpha value is -0.880. The summed E-state index contributed by atoms with van der Waals surface area (Å²) >= 11 is 0. The van der Waals surface area contributed by atoms with Gasteiger partial charge in [0.2, 0.25) is 0 Å². The van der Waals surface area contributed by atoms with Gasteiger partial charge in [0.1, 0.15) is 5.76 Å². The maximum atomic E-state index is 9.30. The van der Waals surface area contributed by atoms with Crippen LogP contribution in [-0.4, -0.2) is 59.2 Å². The first-order valence-corrected chi connectivity index (χ1v) is 5.40. The third-order valence-electron chi connectivity index (χ3n) is 2.52. The summed E-state index contributed by atoms with van der Waals surface area (Å²) in [5.41, 5.74) is 0. The van der Waals surface area contributed by atoms with E-state index in [0.717, 1.165) is 5.76 Å². The summed E-state index contributed by atoms with van der Waals surface area (Å²) in [6.45, 7) is 0.864. The SMILES string of the molecule is OCCN(CCO)C(CO)Cc1ccco1. The molecular formula is C11H19NO4. The summed E-state index contributed by atoms with van der Waals surface area (Å²) in [6, 6.07) is 3.51. The summed E-state index contributed by atoms with van der Waals surface area (Å²) in [7, 11) is 0. The smallest absolute Gasteiger partial charge is 0.105 e. The lowest BCUT2D eigenvalue weighted by atomic mass is 10.1. The van der Waals surface area contributed by atoms with E-state index in [2.05, 4.69) is 0 Å². The van der Waals surface area contributed by atoms with E-state index in [1.165, 1.54) is 0 Å². The van der Waals surface area contributed by atoms with Crippen molar-refractivity contribution in [2.45, 2.75) is 12.5 Å². The van der Waals surface area contributed by atoms with Crippen LogP contribution in [0.2, 0.25) is 0 Å². The minimum atomic E-state index is -0.134. The van der Waals surface area contributed by atoms with Crippen molar-refractivity contribution < 1.29 is 19.7 Å². The van der Waals surface area contributed by atoms with Crippen LogP contribution in [0.3, 0.4) is 0 Å². The van der Waals surface area contributed by atoms with Crippen LogP contribution in [0.4, 0.5) is 0 Å². The van der Waals surface area contributed by atoms with Gasteiger partial charge in [-0.15, -0.1) is 0 Å². The molecule has 5 nitrogen and oxygen atoms in total. The number of furan rings is 1. The Morgan fingerprint density at radius 2 is 1.88 bits per heavy atom. The first-order valence-electron chi connectivity index (χ1n) is 5.40. The molecule has 1 heterocycles. The Balaban J connectivity index is 2.55. The summed E-state index contributed by atoms with van der Waals surface area (Å²) in [4.78, 5) is 1.85. The lowest BCUT2D eigenvalue weighted by Crippen LogP contribution is -2.42. The van der Waals surface area contributed by atoms with Crippen molar-refractivity contribution in [2.75, 3.05) is 32.9 Å². The number of hydrogen-bond donors (Lipinski definition) is 3. The molecule has 0 aromatic carbocycles. The zero-order valence-corrected chi connectivity index (χ0v) is 9.25. The fourth-order valence-corrected chi connectivity index (χ4v) is 1.70. The van der Waals surface area contributed by atoms with E-state index in [0.29, 0.717) is 19.5 Å². The minimum absolute atomic E-state index is 0.00859. The van der Waals surface area contributed by atoms with Gasteiger partial charge >= 0.3 is 0 Å². The Labute approximate surface area is 94.9 Å². The van der Waals surface area contributed by atoms with Crippen molar-refractivity contribution in [3.63, 3.8) is 0 Å². The normalized spacial score (nSPS) is 13.2. The van der Waals surface area contributed by atoms with Crippen molar-refractivity contribution in [3.8, 4) is 0 Å². The number of nitrogens with zero attached hydrogens (tertiary/aromatic N) is 1. The number of hydrogen-bond acceptors (Lipinski definition) is 5. The molecule has 1 atom stereocenters. The molecule has 0 bridgehead atoms. The fourth-order valence-electron chi connectivity index (χ4n) is 1.70. The molecule has 1 aromatic rings. The molecule has 5 heteroatoms. The molecule has 0 radical (unpaired) electrons. The molecule has 0 saturated carbocycles. The molecular weight excluding hydrogens is 210 g/mol. The summed E-state index contributed by atoms with van der Waals surface area (Å²) < 4.78 is 5.21. The lowest BCUT2D eigenvalue weighted by Gasteiger charge is -2.28. The predicted octanol–water partition coefficient (Wildman–Crippen LogP) is -0.530. The average Bonchev–Trinajstić information content (AvgIpc) is 2.78. The Kier molecular flexibility index (Phi) is 6.10. The lowest BCUT2D eigenvalue weighted by molar-refractivity contribution is 0.0813. The molecule has 16 heavy (non-hydrogen) atoms. The van der Waals surface area contributed by atoms with E-state index in [9.17, 15) is 5.11 Å². The van der Waals surface area contributed by atoms with Crippen molar-refractivity contribution in [1.29, 1.82) is 0 Å². The molecule has 1 rings (SSSR count). The number of aliphatic hydroxyl groups is 3. The van der Waals surface area contributed by atoms with Crippen LogP contribution >= 0.6 is 0 Å². The first kappa shape index (κ1) is 13.2. The fraction of sp³-hybridized carbons (Fsp3) is 0.636. The minimum Gasteiger partial charge on any atom is -0.469 e. The maximum absolute atomic E-state index is 9.30. The van der Waals surface area contributed by atoms with Gasteiger partial charge < -0.3 is 19.7 Å². The molecule has 3 N–H and O–H groups in total. The van der Waals surface area contributed by atoms with E-state index in [-0.39, 0.29) is 25.9 Å². The summed E-state index contributed by atoms with van der Waals surface area (Å²) in [5, 5.41) is 27.1. The van der Waals surface area contributed by atoms with E-state index < -0.39 is 0 Å². The highest BCUT2D eigenvalue weighted by Crippen LogP contribution is 2.09. The summed E-state index contributed by atoms with van der Waals surface area (Å²) in [6.07, 6.45) is 2.16. The number of aliphatic hydroxyl groups excluding tert-OH is 3. The second-order valence-corrected chi connectivity index (χ2v) is 3.60. The standard InChI is InChI=1S/C11H19NO4/c13-5-3-12(4-6-14)10(9-15)8-11-2-1-7-16-11/h1-2,7,10,13-15H,3-6,8-9H2. The van der Waals surface area contributed by atoms with Crippen LogP contribution in [0.1, 0.15) is 5.76 Å². The van der Waals surface area contributed by atoms with Crippen LogP contribution < -0.4 is 0 Å². The van der Waals surface area contributed by atoms with Gasteiger partial charge in [0, 0.05) is 25.6 Å². The molecule has 0 amide bonds. The second kappa shape index (κ2) is 7.40. The molecule has 1 unspecified atom stereocenters. The zero-order chi connectivity index (χ0) is 11.8. The molecule has 0 aliphatic heterocycles. The first-order chi connectivity index (χ1) is 7.81. The molecule has 1 aromatic heterocycles. The van der Waals surface area contributed by atoms with Crippen molar-refractivity contribution in [2.24, 2.45) is 0 Å². The van der Waals surface area contributed by atoms with Crippen LogP contribution in [0, 0.1) is 0 Å². The van der Waals surface area contributed by atoms with Gasteiger partial charge in [0.15, 0.2) is 0 Å². The Morgan fingerprint density at radius 1 is 1.19 bits per heavy atom. The molecule has 0 aliphatic carbocycles. The maximum Gasteiger partial charge on any atom is 0.105 e. The third-order valence-corrected chi connectivity index (χ3v) is 2.52. The van der Waals surface area contributed by atoms with Gasteiger partial charge in [0.05, 0.1) is 26.1 Å². The third kappa shape index (κ3) is 3.94. The van der Waals surface area contributed by atoms with E-state index >= 15 is 0 Å².